The topological polar surface area (TPSA) is 158 Å². The highest BCUT2D eigenvalue weighted by Crippen LogP contribution is 2.21. The molecule has 0 aliphatic rings. The van der Waals surface area contributed by atoms with Crippen LogP contribution in [0, 0.1) is 0 Å². The summed E-state index contributed by atoms with van der Waals surface area (Å²) in [6, 6.07) is 14.4. The third kappa shape index (κ3) is 5.73. The fourth-order valence-corrected chi connectivity index (χ4v) is 2.88. The Morgan fingerprint density at radius 2 is 1.44 bits per heavy atom. The largest absolute Gasteiger partial charge is 0.508 e. The zero-order chi connectivity index (χ0) is 23.1. The minimum atomic E-state index is -1.28. The van der Waals surface area contributed by atoms with Crippen molar-refractivity contribution >= 4 is 23.3 Å². The molecule has 0 aliphatic heterocycles. The van der Waals surface area contributed by atoms with Crippen LogP contribution in [0.3, 0.4) is 0 Å². The molecular weight excluding hydrogens is 420 g/mol. The lowest BCUT2D eigenvalue weighted by molar-refractivity contribution is -0.253. The summed E-state index contributed by atoms with van der Waals surface area (Å²) in [6.45, 7) is 0.0111. The third-order valence-corrected chi connectivity index (χ3v) is 4.45. The SMILES string of the molecule is O=C(O)c1ccc(O)cc1C(=O)Nc1ccc(NOCc2cc(O)ccc2COO)cc1. The number of hydrogen-bond acceptors (Lipinski definition) is 8. The van der Waals surface area contributed by atoms with Crippen LogP contribution in [0.5, 0.6) is 11.5 Å². The summed E-state index contributed by atoms with van der Waals surface area (Å²) in [5.41, 5.74) is 4.52. The number of amides is 1. The van der Waals surface area contributed by atoms with Crippen molar-refractivity contribution in [3.63, 3.8) is 0 Å². The van der Waals surface area contributed by atoms with Crippen LogP contribution >= 0.6 is 0 Å². The highest BCUT2D eigenvalue weighted by molar-refractivity contribution is 6.11. The molecule has 0 radical (unpaired) electrons. The molecule has 0 spiro atoms. The minimum absolute atomic E-state index is 0.0446. The molecule has 0 saturated heterocycles. The van der Waals surface area contributed by atoms with Gasteiger partial charge >= 0.3 is 5.97 Å². The number of phenolic OH excluding ortho intramolecular Hbond substituents is 2. The smallest absolute Gasteiger partial charge is 0.336 e. The van der Waals surface area contributed by atoms with E-state index >= 15 is 0 Å². The van der Waals surface area contributed by atoms with Gasteiger partial charge in [0.15, 0.2) is 0 Å². The quantitative estimate of drug-likeness (QED) is 0.216. The molecule has 0 heterocycles. The number of carbonyl (C=O) groups is 2. The van der Waals surface area contributed by atoms with Crippen molar-refractivity contribution in [3.05, 3.63) is 82.9 Å². The van der Waals surface area contributed by atoms with Crippen LogP contribution in [0.4, 0.5) is 11.4 Å². The Labute approximate surface area is 182 Å². The zero-order valence-electron chi connectivity index (χ0n) is 16.6. The van der Waals surface area contributed by atoms with Gasteiger partial charge in [-0.1, -0.05) is 6.07 Å². The summed E-state index contributed by atoms with van der Waals surface area (Å²) in [5, 5.41) is 39.6. The molecule has 6 N–H and O–H groups in total. The number of hydrogen-bond donors (Lipinski definition) is 6. The van der Waals surface area contributed by atoms with E-state index < -0.39 is 11.9 Å². The summed E-state index contributed by atoms with van der Waals surface area (Å²) >= 11 is 0. The molecular formula is C22H20N2O8. The predicted octanol–water partition coefficient (Wildman–Crippen LogP) is 3.58. The van der Waals surface area contributed by atoms with Gasteiger partial charge in [0.2, 0.25) is 0 Å². The predicted molar refractivity (Wildman–Crippen MR) is 113 cm³/mol. The fourth-order valence-electron chi connectivity index (χ4n) is 2.88. The van der Waals surface area contributed by atoms with Gasteiger partial charge in [0.25, 0.3) is 5.91 Å². The van der Waals surface area contributed by atoms with E-state index in [1.54, 1.807) is 30.3 Å². The Bertz CT molecular complexity index is 1120. The van der Waals surface area contributed by atoms with E-state index in [0.717, 1.165) is 12.1 Å². The van der Waals surface area contributed by atoms with Gasteiger partial charge in [-0.15, -0.1) is 0 Å². The molecule has 0 aliphatic carbocycles. The van der Waals surface area contributed by atoms with E-state index in [-0.39, 0.29) is 35.8 Å². The van der Waals surface area contributed by atoms with Crippen molar-refractivity contribution in [2.24, 2.45) is 0 Å². The molecule has 32 heavy (non-hydrogen) atoms. The van der Waals surface area contributed by atoms with Crippen LogP contribution in [0.15, 0.2) is 60.7 Å². The van der Waals surface area contributed by atoms with Gasteiger partial charge < -0.3 is 20.6 Å². The Balaban J connectivity index is 1.60. The summed E-state index contributed by atoms with van der Waals surface area (Å²) in [6.07, 6.45) is 0. The number of benzene rings is 3. The number of carboxylic acids is 1. The van der Waals surface area contributed by atoms with Crippen molar-refractivity contribution in [2.45, 2.75) is 13.2 Å². The van der Waals surface area contributed by atoms with E-state index in [0.29, 0.717) is 22.5 Å². The van der Waals surface area contributed by atoms with Crippen molar-refractivity contribution in [3.8, 4) is 11.5 Å². The summed E-state index contributed by atoms with van der Waals surface area (Å²) < 4.78 is 0. The number of nitrogens with one attached hydrogen (secondary N) is 2. The first-order valence-electron chi connectivity index (χ1n) is 9.30. The summed E-state index contributed by atoms with van der Waals surface area (Å²) in [7, 11) is 0. The van der Waals surface area contributed by atoms with Gasteiger partial charge in [0.1, 0.15) is 24.7 Å². The average molecular weight is 440 g/mol. The highest BCUT2D eigenvalue weighted by Gasteiger charge is 2.17. The van der Waals surface area contributed by atoms with Crippen LogP contribution in [0.2, 0.25) is 0 Å². The van der Waals surface area contributed by atoms with Crippen molar-refractivity contribution in [1.82, 2.24) is 0 Å². The lowest BCUT2D eigenvalue weighted by Gasteiger charge is -2.12. The molecule has 0 atom stereocenters. The molecule has 3 aromatic carbocycles. The molecule has 0 aromatic heterocycles. The number of phenols is 2. The first-order chi connectivity index (χ1) is 15.4. The Hall–Kier alpha value is -4.12. The van der Waals surface area contributed by atoms with Crippen molar-refractivity contribution in [1.29, 1.82) is 0 Å². The molecule has 3 rings (SSSR count). The summed E-state index contributed by atoms with van der Waals surface area (Å²) in [4.78, 5) is 33.3. The second kappa shape index (κ2) is 10.3. The van der Waals surface area contributed by atoms with Crippen molar-refractivity contribution < 1.29 is 39.9 Å². The summed E-state index contributed by atoms with van der Waals surface area (Å²) in [5.74, 6) is -2.15. The molecule has 0 bridgehead atoms. The van der Waals surface area contributed by atoms with E-state index in [4.69, 9.17) is 10.1 Å². The van der Waals surface area contributed by atoms with E-state index in [9.17, 15) is 24.9 Å². The maximum atomic E-state index is 12.4. The molecule has 166 valence electrons. The van der Waals surface area contributed by atoms with Gasteiger partial charge in [0.05, 0.1) is 16.8 Å². The number of rotatable bonds is 9. The first-order valence-corrected chi connectivity index (χ1v) is 9.30. The van der Waals surface area contributed by atoms with Gasteiger partial charge in [-0.3, -0.25) is 20.4 Å². The molecule has 1 amide bonds. The second-order valence-electron chi connectivity index (χ2n) is 6.68. The Morgan fingerprint density at radius 3 is 2.12 bits per heavy atom. The fraction of sp³-hybridized carbons (Fsp3) is 0.0909. The number of anilines is 2. The van der Waals surface area contributed by atoms with Gasteiger partial charge in [-0.05, 0) is 65.7 Å². The monoisotopic (exact) mass is 440 g/mol. The van der Waals surface area contributed by atoms with E-state index in [2.05, 4.69) is 15.7 Å². The molecule has 10 nitrogen and oxygen atoms in total. The number of carbonyl (C=O) groups excluding carboxylic acids is 1. The van der Waals surface area contributed by atoms with Crippen LogP contribution in [-0.4, -0.2) is 32.5 Å². The van der Waals surface area contributed by atoms with Crippen LogP contribution in [0.1, 0.15) is 31.8 Å². The van der Waals surface area contributed by atoms with E-state index in [1.165, 1.54) is 18.2 Å². The number of aromatic hydroxyl groups is 2. The van der Waals surface area contributed by atoms with Crippen LogP contribution in [-0.2, 0) is 22.9 Å². The molecule has 10 heteroatoms. The first kappa shape index (κ1) is 22.6. The van der Waals surface area contributed by atoms with Crippen LogP contribution < -0.4 is 10.8 Å². The standard InChI is InChI=1S/C22H20N2O8/c25-17-6-1-13(12-32-30)14(9-17)11-31-24-16-4-2-15(3-5-16)23-21(27)20-10-18(26)7-8-19(20)22(28)29/h1-10,24-26,30H,11-12H2,(H,23,27)(H,28,29). The van der Waals surface area contributed by atoms with Crippen LogP contribution in [0.25, 0.3) is 0 Å². The highest BCUT2D eigenvalue weighted by atomic mass is 17.1. The maximum absolute atomic E-state index is 12.4. The van der Waals surface area contributed by atoms with E-state index in [1.807, 2.05) is 0 Å². The average Bonchev–Trinajstić information content (AvgIpc) is 2.76. The normalized spacial score (nSPS) is 10.5. The minimum Gasteiger partial charge on any atom is -0.508 e. The number of carboxylic acid groups (broad SMARTS) is 1. The maximum Gasteiger partial charge on any atom is 0.336 e. The van der Waals surface area contributed by atoms with Gasteiger partial charge in [0, 0.05) is 5.69 Å². The molecule has 3 aromatic rings. The lowest BCUT2D eigenvalue weighted by atomic mass is 10.1. The Morgan fingerprint density at radius 1 is 0.781 bits per heavy atom. The second-order valence-corrected chi connectivity index (χ2v) is 6.68. The molecule has 0 fully saturated rings. The van der Waals surface area contributed by atoms with Crippen molar-refractivity contribution in [2.75, 3.05) is 10.8 Å². The van der Waals surface area contributed by atoms with Gasteiger partial charge in [-0.25, -0.2) is 9.68 Å². The number of aromatic carboxylic acids is 1. The zero-order valence-corrected chi connectivity index (χ0v) is 16.6. The molecule has 0 unspecified atom stereocenters. The Kier molecular flexibility index (Phi) is 7.24. The lowest BCUT2D eigenvalue weighted by Crippen LogP contribution is -2.16. The third-order valence-electron chi connectivity index (χ3n) is 4.45. The van der Waals surface area contributed by atoms with Gasteiger partial charge in [-0.2, -0.15) is 0 Å². The molecule has 0 saturated carbocycles.